The minimum Gasteiger partial charge on any atom is -0.351 e. The lowest BCUT2D eigenvalue weighted by Gasteiger charge is -2.05. The van der Waals surface area contributed by atoms with Gasteiger partial charge < -0.3 is 5.32 Å². The van der Waals surface area contributed by atoms with Crippen LogP contribution < -0.4 is 5.32 Å². The number of unbranched alkanes of at least 4 members (excludes halogenated alkanes) is 8. The van der Waals surface area contributed by atoms with Crippen molar-refractivity contribution < 1.29 is 4.79 Å². The fourth-order valence-corrected chi connectivity index (χ4v) is 3.75. The number of hydrogen-bond donors (Lipinski definition) is 1. The number of hydrogen-bond acceptors (Lipinski definition) is 2. The molecule has 1 amide bonds. The second-order valence-electron chi connectivity index (χ2n) is 5.55. The van der Waals surface area contributed by atoms with Crippen LogP contribution in [0.25, 0.3) is 0 Å². The highest BCUT2D eigenvalue weighted by Gasteiger charge is 2.04. The molecule has 0 unspecified atom stereocenters. The first kappa shape index (κ1) is 18.7. The molecule has 0 fully saturated rings. The third-order valence-electron chi connectivity index (χ3n) is 3.64. The molecule has 0 aliphatic rings. The van der Waals surface area contributed by atoms with Gasteiger partial charge in [0.1, 0.15) is 0 Å². The molecule has 1 aromatic rings. The van der Waals surface area contributed by atoms with Crippen molar-refractivity contribution in [2.75, 3.05) is 0 Å². The fourth-order valence-electron chi connectivity index (χ4n) is 2.31. The van der Waals surface area contributed by atoms with E-state index in [1.54, 1.807) is 11.3 Å². The summed E-state index contributed by atoms with van der Waals surface area (Å²) in [5.41, 5.74) is 0. The van der Waals surface area contributed by atoms with Crippen molar-refractivity contribution in [2.45, 2.75) is 77.7 Å². The summed E-state index contributed by atoms with van der Waals surface area (Å²) in [5.74, 6) is 0.179. The molecule has 0 aliphatic carbocycles. The Morgan fingerprint density at radius 1 is 1.10 bits per heavy atom. The van der Waals surface area contributed by atoms with Crippen LogP contribution in [0.1, 0.15) is 76.0 Å². The Balaban J connectivity index is 1.91. The van der Waals surface area contributed by atoms with E-state index in [0.29, 0.717) is 13.0 Å². The molecule has 1 N–H and O–H groups in total. The van der Waals surface area contributed by atoms with Crippen LogP contribution in [0.4, 0.5) is 0 Å². The van der Waals surface area contributed by atoms with E-state index in [4.69, 9.17) is 0 Å². The molecule has 2 nitrogen and oxygen atoms in total. The number of halogens is 1. The molecule has 0 aromatic carbocycles. The van der Waals surface area contributed by atoms with Crippen molar-refractivity contribution in [1.29, 1.82) is 0 Å². The van der Waals surface area contributed by atoms with Crippen molar-refractivity contribution in [3.8, 4) is 0 Å². The zero-order valence-corrected chi connectivity index (χ0v) is 15.5. The molecule has 120 valence electrons. The highest BCUT2D eigenvalue weighted by atomic mass is 79.9. The maximum atomic E-state index is 11.7. The average molecular weight is 374 g/mol. The van der Waals surface area contributed by atoms with E-state index in [1.807, 2.05) is 11.4 Å². The van der Waals surface area contributed by atoms with Crippen LogP contribution >= 0.6 is 27.3 Å². The van der Waals surface area contributed by atoms with Gasteiger partial charge in [-0.25, -0.2) is 0 Å². The van der Waals surface area contributed by atoms with Gasteiger partial charge in [0.15, 0.2) is 0 Å². The van der Waals surface area contributed by atoms with E-state index >= 15 is 0 Å². The van der Waals surface area contributed by atoms with Crippen LogP contribution in [0.3, 0.4) is 0 Å². The van der Waals surface area contributed by atoms with Crippen LogP contribution in [0.15, 0.2) is 15.9 Å². The summed E-state index contributed by atoms with van der Waals surface area (Å²) < 4.78 is 1.09. The lowest BCUT2D eigenvalue weighted by molar-refractivity contribution is -0.121. The molecule has 1 heterocycles. The van der Waals surface area contributed by atoms with Gasteiger partial charge in [-0.3, -0.25) is 4.79 Å². The molecular formula is C17H28BrNOS. The topological polar surface area (TPSA) is 29.1 Å². The van der Waals surface area contributed by atoms with Gasteiger partial charge in [0.25, 0.3) is 0 Å². The Labute approximate surface area is 141 Å². The first-order valence-electron chi connectivity index (χ1n) is 8.22. The van der Waals surface area contributed by atoms with Gasteiger partial charge in [-0.1, -0.05) is 58.3 Å². The van der Waals surface area contributed by atoms with Crippen molar-refractivity contribution in [3.63, 3.8) is 0 Å². The minimum absolute atomic E-state index is 0.179. The summed E-state index contributed by atoms with van der Waals surface area (Å²) >= 11 is 5.15. The Kier molecular flexibility index (Phi) is 10.9. The first-order chi connectivity index (χ1) is 10.2. The van der Waals surface area contributed by atoms with Crippen molar-refractivity contribution in [1.82, 2.24) is 5.32 Å². The number of carbonyl (C=O) groups is 1. The van der Waals surface area contributed by atoms with Crippen LogP contribution in [-0.2, 0) is 11.3 Å². The molecule has 0 saturated carbocycles. The number of amides is 1. The third kappa shape index (κ3) is 9.30. The van der Waals surface area contributed by atoms with Crippen LogP contribution in [-0.4, -0.2) is 5.91 Å². The van der Waals surface area contributed by atoms with E-state index in [2.05, 4.69) is 28.2 Å². The molecule has 1 rings (SSSR count). The number of nitrogens with one attached hydrogen (secondary N) is 1. The number of thiophene rings is 1. The number of carbonyl (C=O) groups excluding carboxylic acids is 1. The first-order valence-corrected chi connectivity index (χ1v) is 9.90. The van der Waals surface area contributed by atoms with Gasteiger partial charge in [-0.2, -0.15) is 0 Å². The summed E-state index contributed by atoms with van der Waals surface area (Å²) in [5, 5.41) is 5.03. The van der Waals surface area contributed by atoms with Crippen molar-refractivity contribution in [2.24, 2.45) is 0 Å². The lowest BCUT2D eigenvalue weighted by Crippen LogP contribution is -2.21. The van der Waals surface area contributed by atoms with E-state index < -0.39 is 0 Å². The van der Waals surface area contributed by atoms with E-state index in [1.165, 1.54) is 56.2 Å². The molecule has 21 heavy (non-hydrogen) atoms. The van der Waals surface area contributed by atoms with Gasteiger partial charge in [0.05, 0.1) is 6.54 Å². The van der Waals surface area contributed by atoms with Gasteiger partial charge in [0, 0.05) is 15.8 Å². The molecule has 0 spiro atoms. The Hall–Kier alpha value is -0.350. The molecular weight excluding hydrogens is 346 g/mol. The minimum atomic E-state index is 0.179. The predicted octanol–water partition coefficient (Wildman–Crippen LogP) is 6.05. The standard InChI is InChI=1S/C17H28BrNOS/c1-2-3-4-5-6-7-8-9-10-11-17(20)19-14-16-15(18)12-13-21-16/h12-13H,2-11,14H2,1H3,(H,19,20). The summed E-state index contributed by atoms with van der Waals surface area (Å²) in [6.07, 6.45) is 12.3. The zero-order chi connectivity index (χ0) is 15.3. The van der Waals surface area contributed by atoms with Crippen LogP contribution in [0.2, 0.25) is 0 Å². The fraction of sp³-hybridized carbons (Fsp3) is 0.706. The average Bonchev–Trinajstić information content (AvgIpc) is 2.89. The monoisotopic (exact) mass is 373 g/mol. The maximum Gasteiger partial charge on any atom is 0.220 e. The molecule has 4 heteroatoms. The second-order valence-corrected chi connectivity index (χ2v) is 7.40. The van der Waals surface area contributed by atoms with Gasteiger partial charge in [-0.05, 0) is 33.8 Å². The summed E-state index contributed by atoms with van der Waals surface area (Å²) in [6.45, 7) is 2.90. The largest absolute Gasteiger partial charge is 0.351 e. The highest BCUT2D eigenvalue weighted by Crippen LogP contribution is 2.22. The summed E-state index contributed by atoms with van der Waals surface area (Å²) in [6, 6.07) is 2.02. The Bertz CT molecular complexity index is 392. The normalized spacial score (nSPS) is 10.8. The maximum absolute atomic E-state index is 11.7. The predicted molar refractivity (Wildman–Crippen MR) is 95.7 cm³/mol. The van der Waals surface area contributed by atoms with Crippen molar-refractivity contribution >= 4 is 33.2 Å². The highest BCUT2D eigenvalue weighted by molar-refractivity contribution is 9.10. The van der Waals surface area contributed by atoms with E-state index in [-0.39, 0.29) is 5.91 Å². The molecule has 0 atom stereocenters. The quantitative estimate of drug-likeness (QED) is 0.444. The van der Waals surface area contributed by atoms with Crippen LogP contribution in [0.5, 0.6) is 0 Å². The molecule has 0 saturated heterocycles. The van der Waals surface area contributed by atoms with Gasteiger partial charge in [-0.15, -0.1) is 11.3 Å². The van der Waals surface area contributed by atoms with Gasteiger partial charge in [0.2, 0.25) is 5.91 Å². The summed E-state index contributed by atoms with van der Waals surface area (Å²) in [7, 11) is 0. The number of rotatable bonds is 12. The lowest BCUT2D eigenvalue weighted by atomic mass is 10.1. The zero-order valence-electron chi connectivity index (χ0n) is 13.1. The van der Waals surface area contributed by atoms with E-state index in [9.17, 15) is 4.79 Å². The van der Waals surface area contributed by atoms with E-state index in [0.717, 1.165) is 10.9 Å². The Morgan fingerprint density at radius 3 is 2.29 bits per heavy atom. The van der Waals surface area contributed by atoms with Gasteiger partial charge >= 0.3 is 0 Å². The molecule has 0 bridgehead atoms. The second kappa shape index (κ2) is 12.2. The van der Waals surface area contributed by atoms with Crippen molar-refractivity contribution in [3.05, 3.63) is 20.8 Å². The summed E-state index contributed by atoms with van der Waals surface area (Å²) in [4.78, 5) is 12.9. The third-order valence-corrected chi connectivity index (χ3v) is 5.57. The SMILES string of the molecule is CCCCCCCCCCCC(=O)NCc1sccc1Br. The molecule has 1 aromatic heterocycles. The molecule has 0 aliphatic heterocycles. The van der Waals surface area contributed by atoms with Crippen LogP contribution in [0, 0.1) is 0 Å². The molecule has 0 radical (unpaired) electrons. The smallest absolute Gasteiger partial charge is 0.220 e. The Morgan fingerprint density at radius 2 is 1.71 bits per heavy atom.